The van der Waals surface area contributed by atoms with E-state index in [-0.39, 0.29) is 5.82 Å². The van der Waals surface area contributed by atoms with E-state index in [1.807, 2.05) is 13.0 Å². The van der Waals surface area contributed by atoms with E-state index in [9.17, 15) is 15.3 Å². The predicted octanol–water partition coefficient (Wildman–Crippen LogP) is -0.470. The Morgan fingerprint density at radius 1 is 1.38 bits per heavy atom. The van der Waals surface area contributed by atoms with Gasteiger partial charge in [-0.3, -0.25) is 4.57 Å². The van der Waals surface area contributed by atoms with Crippen LogP contribution in [-0.4, -0.2) is 59.8 Å². The number of rotatable bonds is 5. The predicted molar refractivity (Wildman–Crippen MR) is 85.7 cm³/mol. The molecule has 1 aliphatic rings. The highest BCUT2D eigenvalue weighted by Gasteiger charge is 2.54. The Bertz CT molecular complexity index is 749. The molecule has 2 aromatic rings. The lowest BCUT2D eigenvalue weighted by molar-refractivity contribution is -0.110. The first kappa shape index (κ1) is 16.8. The second-order valence-electron chi connectivity index (χ2n) is 5.76. The molecule has 0 unspecified atom stereocenters. The molecule has 4 atom stereocenters. The maximum Gasteiger partial charge on any atom is 0.195 e. The minimum Gasteiger partial charge on any atom is -0.394 e. The maximum atomic E-state index is 10.6. The lowest BCUT2D eigenvalue weighted by Gasteiger charge is -2.30. The summed E-state index contributed by atoms with van der Waals surface area (Å²) in [6.07, 6.45) is 4.43. The summed E-state index contributed by atoms with van der Waals surface area (Å²) in [5, 5.41) is 30.3. The van der Waals surface area contributed by atoms with Crippen molar-refractivity contribution in [2.24, 2.45) is 0 Å². The van der Waals surface area contributed by atoms with Crippen LogP contribution in [0.15, 0.2) is 24.8 Å². The average Bonchev–Trinajstić information content (AvgIpc) is 3.12. The van der Waals surface area contributed by atoms with Crippen LogP contribution in [0.2, 0.25) is 0 Å². The first-order chi connectivity index (χ1) is 11.5. The van der Waals surface area contributed by atoms with Crippen molar-refractivity contribution in [2.45, 2.75) is 43.8 Å². The molecular weight excluding hydrogens is 314 g/mol. The summed E-state index contributed by atoms with van der Waals surface area (Å²) < 4.78 is 7.36. The van der Waals surface area contributed by atoms with Crippen LogP contribution < -0.4 is 5.73 Å². The monoisotopic (exact) mass is 335 g/mol. The van der Waals surface area contributed by atoms with Gasteiger partial charge in [-0.1, -0.05) is 19.4 Å². The number of nitrogen functional groups attached to an aromatic ring is 1. The van der Waals surface area contributed by atoms with Crippen LogP contribution >= 0.6 is 0 Å². The smallest absolute Gasteiger partial charge is 0.195 e. The molecule has 9 nitrogen and oxygen atoms in total. The average molecular weight is 335 g/mol. The number of ether oxygens (including phenoxy) is 1. The minimum atomic E-state index is -1.43. The van der Waals surface area contributed by atoms with Gasteiger partial charge in [0.1, 0.15) is 30.2 Å². The van der Waals surface area contributed by atoms with Gasteiger partial charge in [0.25, 0.3) is 0 Å². The van der Waals surface area contributed by atoms with Gasteiger partial charge in [0.05, 0.1) is 12.9 Å². The fourth-order valence-electron chi connectivity index (χ4n) is 2.92. The SMILES string of the molecule is CCCC=C[C@@]1(n2cnc3c(N)ncnc32)O[C@H](CO)[C@@H](O)[C@H]1O. The van der Waals surface area contributed by atoms with Gasteiger partial charge >= 0.3 is 0 Å². The summed E-state index contributed by atoms with van der Waals surface area (Å²) >= 11 is 0. The summed E-state index contributed by atoms with van der Waals surface area (Å²) in [6.45, 7) is 1.60. The topological polar surface area (TPSA) is 140 Å². The second-order valence-corrected chi connectivity index (χ2v) is 5.76. The van der Waals surface area contributed by atoms with Crippen LogP contribution in [-0.2, 0) is 10.5 Å². The number of anilines is 1. The lowest BCUT2D eigenvalue weighted by Crippen LogP contribution is -2.44. The van der Waals surface area contributed by atoms with Crippen molar-refractivity contribution in [1.29, 1.82) is 0 Å². The molecule has 0 saturated carbocycles. The number of aromatic nitrogens is 4. The van der Waals surface area contributed by atoms with Crippen molar-refractivity contribution < 1.29 is 20.1 Å². The molecule has 1 fully saturated rings. The van der Waals surface area contributed by atoms with Crippen LogP contribution in [0.4, 0.5) is 5.82 Å². The molecule has 3 rings (SSSR count). The van der Waals surface area contributed by atoms with Crippen molar-refractivity contribution in [3.05, 3.63) is 24.8 Å². The van der Waals surface area contributed by atoms with E-state index < -0.39 is 30.6 Å². The zero-order valence-corrected chi connectivity index (χ0v) is 13.3. The summed E-state index contributed by atoms with van der Waals surface area (Å²) in [6, 6.07) is 0. The molecule has 9 heteroatoms. The molecule has 0 aliphatic carbocycles. The van der Waals surface area contributed by atoms with E-state index in [0.29, 0.717) is 11.2 Å². The number of nitrogens with two attached hydrogens (primary N) is 1. The van der Waals surface area contributed by atoms with E-state index in [0.717, 1.165) is 12.8 Å². The fourth-order valence-corrected chi connectivity index (χ4v) is 2.92. The van der Waals surface area contributed by atoms with Gasteiger partial charge in [-0.25, -0.2) is 15.0 Å². The molecule has 3 heterocycles. The third-order valence-electron chi connectivity index (χ3n) is 4.20. The molecule has 0 spiro atoms. The van der Waals surface area contributed by atoms with Crippen LogP contribution in [0.1, 0.15) is 19.8 Å². The Labute approximate surface area is 138 Å². The first-order valence-electron chi connectivity index (χ1n) is 7.81. The quantitative estimate of drug-likeness (QED) is 0.538. The van der Waals surface area contributed by atoms with E-state index in [4.69, 9.17) is 10.5 Å². The molecule has 0 aromatic carbocycles. The largest absolute Gasteiger partial charge is 0.394 e. The van der Waals surface area contributed by atoms with Crippen molar-refractivity contribution >= 4 is 17.0 Å². The molecule has 5 N–H and O–H groups in total. The Morgan fingerprint density at radius 2 is 2.17 bits per heavy atom. The molecular formula is C15H21N5O4. The lowest BCUT2D eigenvalue weighted by atomic mass is 10.0. The molecule has 1 saturated heterocycles. The third kappa shape index (κ3) is 2.46. The van der Waals surface area contributed by atoms with E-state index in [1.54, 1.807) is 6.08 Å². The highest BCUT2D eigenvalue weighted by Crippen LogP contribution is 2.39. The summed E-state index contributed by atoms with van der Waals surface area (Å²) in [5.74, 6) is 0.207. The molecule has 0 amide bonds. The van der Waals surface area contributed by atoms with Crippen LogP contribution in [0, 0.1) is 0 Å². The van der Waals surface area contributed by atoms with Gasteiger partial charge in [0.15, 0.2) is 17.2 Å². The summed E-state index contributed by atoms with van der Waals surface area (Å²) in [4.78, 5) is 12.3. The Morgan fingerprint density at radius 3 is 2.83 bits per heavy atom. The highest BCUT2D eigenvalue weighted by molar-refractivity contribution is 5.81. The number of aliphatic hydroxyl groups excluding tert-OH is 3. The number of hydrogen-bond donors (Lipinski definition) is 4. The van der Waals surface area contributed by atoms with Crippen molar-refractivity contribution in [3.8, 4) is 0 Å². The number of allylic oxidation sites excluding steroid dienone is 1. The normalized spacial score (nSPS) is 30.6. The summed E-state index contributed by atoms with van der Waals surface area (Å²) in [5.41, 5.74) is 5.12. The van der Waals surface area contributed by atoms with Crippen molar-refractivity contribution in [1.82, 2.24) is 19.5 Å². The number of fused-ring (bicyclic) bond motifs is 1. The van der Waals surface area contributed by atoms with E-state index in [1.165, 1.54) is 17.2 Å². The molecule has 24 heavy (non-hydrogen) atoms. The Kier molecular flexibility index (Phi) is 4.50. The second kappa shape index (κ2) is 6.44. The van der Waals surface area contributed by atoms with E-state index in [2.05, 4.69) is 15.0 Å². The fraction of sp³-hybridized carbons (Fsp3) is 0.533. The van der Waals surface area contributed by atoms with Crippen molar-refractivity contribution in [3.63, 3.8) is 0 Å². The van der Waals surface area contributed by atoms with Gasteiger partial charge in [0, 0.05) is 0 Å². The van der Waals surface area contributed by atoms with Gasteiger partial charge < -0.3 is 25.8 Å². The molecule has 0 radical (unpaired) electrons. The first-order valence-corrected chi connectivity index (χ1v) is 7.81. The number of imidazole rings is 1. The standard InChI is InChI=1S/C15H21N5O4/c1-2-3-4-5-15(12(23)11(22)9(6-21)24-15)20-8-19-10-13(16)17-7-18-14(10)20/h4-5,7-9,11-12,21-23H,2-3,6H2,1H3,(H2,16,17,18)/t9-,11-,12-,15-/m1/s1. The Hall–Kier alpha value is -2.07. The number of hydrogen-bond acceptors (Lipinski definition) is 8. The minimum absolute atomic E-state index is 0.207. The molecule has 0 bridgehead atoms. The maximum absolute atomic E-state index is 10.6. The Balaban J connectivity index is 2.16. The number of aliphatic hydroxyl groups is 3. The zero-order valence-electron chi connectivity index (χ0n) is 13.3. The van der Waals surface area contributed by atoms with Crippen LogP contribution in [0.3, 0.4) is 0 Å². The molecule has 2 aromatic heterocycles. The van der Waals surface area contributed by atoms with Crippen LogP contribution in [0.25, 0.3) is 11.2 Å². The zero-order chi connectivity index (χ0) is 17.3. The van der Waals surface area contributed by atoms with Crippen LogP contribution in [0.5, 0.6) is 0 Å². The van der Waals surface area contributed by atoms with Gasteiger partial charge in [-0.05, 0) is 12.5 Å². The molecule has 130 valence electrons. The van der Waals surface area contributed by atoms with Gasteiger partial charge in [-0.15, -0.1) is 0 Å². The number of nitrogens with zero attached hydrogens (tertiary/aromatic N) is 4. The highest BCUT2D eigenvalue weighted by atomic mass is 16.6. The third-order valence-corrected chi connectivity index (χ3v) is 4.20. The number of unbranched alkanes of at least 4 members (excludes halogenated alkanes) is 1. The van der Waals surface area contributed by atoms with Gasteiger partial charge in [0.2, 0.25) is 0 Å². The van der Waals surface area contributed by atoms with Crippen molar-refractivity contribution in [2.75, 3.05) is 12.3 Å². The van der Waals surface area contributed by atoms with E-state index >= 15 is 0 Å². The molecule has 1 aliphatic heterocycles. The summed E-state index contributed by atoms with van der Waals surface area (Å²) in [7, 11) is 0. The van der Waals surface area contributed by atoms with Gasteiger partial charge in [-0.2, -0.15) is 0 Å².